The summed E-state index contributed by atoms with van der Waals surface area (Å²) in [6.07, 6.45) is 4.82. The van der Waals surface area contributed by atoms with Crippen molar-refractivity contribution in [1.82, 2.24) is 20.2 Å². The smallest absolute Gasteiger partial charge is 0.251 e. The number of H-pyrrole nitrogens is 1. The Balaban J connectivity index is 0.00000155. The Kier molecular flexibility index (Phi) is 15.5. The van der Waals surface area contributed by atoms with Gasteiger partial charge in [-0.15, -0.1) is 0 Å². The number of alkyl halides is 1. The Morgan fingerprint density at radius 1 is 1.07 bits per heavy atom. The maximum Gasteiger partial charge on any atom is 0.251 e. The van der Waals surface area contributed by atoms with Crippen molar-refractivity contribution in [3.05, 3.63) is 59.4 Å². The van der Waals surface area contributed by atoms with Crippen LogP contribution in [0.5, 0.6) is 0 Å². The van der Waals surface area contributed by atoms with Crippen LogP contribution in [0.3, 0.4) is 0 Å². The number of para-hydroxylation sites is 1. The highest BCUT2D eigenvalue weighted by Crippen LogP contribution is 2.27. The molecule has 1 fully saturated rings. The van der Waals surface area contributed by atoms with Gasteiger partial charge < -0.3 is 31.0 Å². The van der Waals surface area contributed by atoms with E-state index < -0.39 is 0 Å². The van der Waals surface area contributed by atoms with Crippen LogP contribution < -0.4 is 16.4 Å². The number of ether oxygens (including phenoxy) is 1. The third-order valence-corrected chi connectivity index (χ3v) is 6.90. The summed E-state index contributed by atoms with van der Waals surface area (Å²) in [6, 6.07) is 12.6. The van der Waals surface area contributed by atoms with Gasteiger partial charge in [0.25, 0.3) is 5.91 Å². The first-order chi connectivity index (χ1) is 21.0. The summed E-state index contributed by atoms with van der Waals surface area (Å²) in [5, 5.41) is 5.64. The van der Waals surface area contributed by atoms with Crippen molar-refractivity contribution in [2.24, 2.45) is 5.73 Å². The van der Waals surface area contributed by atoms with E-state index in [4.69, 9.17) is 10.5 Å². The molecule has 11 heteroatoms. The van der Waals surface area contributed by atoms with Gasteiger partial charge in [0.1, 0.15) is 5.82 Å². The minimum Gasteiger partial charge on any atom is -0.398 e. The van der Waals surface area contributed by atoms with Crippen LogP contribution in [-0.2, 0) is 14.3 Å². The van der Waals surface area contributed by atoms with Crippen molar-refractivity contribution in [1.29, 1.82) is 0 Å². The van der Waals surface area contributed by atoms with Crippen LogP contribution in [0.15, 0.2) is 42.5 Å². The molecule has 0 bridgehead atoms. The number of allylic oxidation sites excluding steroid dienone is 1. The van der Waals surface area contributed by atoms with E-state index >= 15 is 0 Å². The summed E-state index contributed by atoms with van der Waals surface area (Å²) >= 11 is 0. The van der Waals surface area contributed by atoms with Crippen molar-refractivity contribution in [2.75, 3.05) is 45.3 Å². The second kappa shape index (κ2) is 19.0. The lowest BCUT2D eigenvalue weighted by Crippen LogP contribution is -2.40. The van der Waals surface area contributed by atoms with E-state index in [0.29, 0.717) is 81.2 Å². The van der Waals surface area contributed by atoms with Crippen LogP contribution in [-0.4, -0.2) is 73.1 Å². The van der Waals surface area contributed by atoms with Crippen LogP contribution in [0, 0.1) is 0 Å². The summed E-state index contributed by atoms with van der Waals surface area (Å²) < 4.78 is 14.8. The van der Waals surface area contributed by atoms with Crippen molar-refractivity contribution >= 4 is 46.2 Å². The van der Waals surface area contributed by atoms with Gasteiger partial charge in [-0.1, -0.05) is 44.9 Å². The Labute approximate surface area is 253 Å². The van der Waals surface area contributed by atoms with Gasteiger partial charge in [0, 0.05) is 54.1 Å². The zero-order valence-electron chi connectivity index (χ0n) is 25.7. The molecular weight excluding hydrogens is 551 g/mol. The molecule has 3 amide bonds. The van der Waals surface area contributed by atoms with E-state index in [2.05, 4.69) is 20.6 Å². The van der Waals surface area contributed by atoms with E-state index in [0.717, 1.165) is 42.3 Å². The number of aromatic amines is 1. The average Bonchev–Trinajstić information content (AvgIpc) is 3.50. The molecule has 0 saturated carbocycles. The summed E-state index contributed by atoms with van der Waals surface area (Å²) in [5.74, 6) is 0.654. The monoisotopic (exact) mass is 596 g/mol. The first-order valence-electron chi connectivity index (χ1n) is 14.8. The highest BCUT2D eigenvalue weighted by Gasteiger charge is 2.16. The van der Waals surface area contributed by atoms with Crippen molar-refractivity contribution in [2.45, 2.75) is 52.9 Å². The maximum absolute atomic E-state index is 12.7. The van der Waals surface area contributed by atoms with Gasteiger partial charge in [-0.05, 0) is 44.0 Å². The number of benzene rings is 2. The summed E-state index contributed by atoms with van der Waals surface area (Å²) in [5.41, 5.74) is 10.9. The van der Waals surface area contributed by atoms with Gasteiger partial charge >= 0.3 is 0 Å². The number of nitrogens with zero attached hydrogens (tertiary/aromatic N) is 2. The van der Waals surface area contributed by atoms with Gasteiger partial charge in [0.2, 0.25) is 12.3 Å². The van der Waals surface area contributed by atoms with Gasteiger partial charge in [-0.3, -0.25) is 18.8 Å². The molecule has 4 rings (SSSR count). The molecule has 0 unspecified atom stereocenters. The number of halogens is 1. The first-order valence-corrected chi connectivity index (χ1v) is 14.8. The number of aromatic nitrogens is 2. The molecule has 0 radical (unpaired) electrons. The van der Waals surface area contributed by atoms with Crippen molar-refractivity contribution in [3.63, 3.8) is 0 Å². The summed E-state index contributed by atoms with van der Waals surface area (Å²) in [6.45, 7) is 9.07. The number of amides is 3. The third kappa shape index (κ3) is 10.2. The molecule has 0 atom stereocenters. The lowest BCUT2D eigenvalue weighted by atomic mass is 10.1. The Bertz CT molecular complexity index is 1350. The number of rotatable bonds is 12. The number of anilines is 1. The fourth-order valence-corrected chi connectivity index (χ4v) is 4.59. The molecule has 1 aliphatic heterocycles. The number of hydrogen-bond acceptors (Lipinski definition) is 6. The molecule has 10 nitrogen and oxygen atoms in total. The number of nitrogens with one attached hydrogen (secondary N) is 3. The standard InChI is InChI=1S/C29H36N6O4.C2H6.CH3F/c1-20(27(30)22-8-5-6-9-23(22)32-19-36)28-33-24-12-11-21(18-25(24)34-28)29(38)31-13-7-3-2-4-10-26(37)35-14-16-39-17-15-35;2*1-2/h5-6,8-9,11-12,18-19H,2-4,7,10,13-17,30H2,1H3,(H,31,38)(H,32,36)(H,33,34);1-2H3;1H3/b27-20-;;. The second-order valence-electron chi connectivity index (χ2n) is 9.58. The van der Waals surface area contributed by atoms with Gasteiger partial charge in [0.15, 0.2) is 0 Å². The summed E-state index contributed by atoms with van der Waals surface area (Å²) in [7, 11) is 0.500. The van der Waals surface area contributed by atoms with Crippen LogP contribution >= 0.6 is 0 Å². The maximum atomic E-state index is 12.7. The molecule has 2 aromatic carbocycles. The molecular formula is C32H45FN6O4. The molecule has 2 heterocycles. The van der Waals surface area contributed by atoms with Crippen LogP contribution in [0.4, 0.5) is 10.1 Å². The number of carbonyl (C=O) groups is 3. The fraction of sp³-hybridized carbons (Fsp3) is 0.438. The van der Waals surface area contributed by atoms with Gasteiger partial charge in [-0.2, -0.15) is 0 Å². The number of carbonyl (C=O) groups excluding carboxylic acids is 3. The molecule has 1 saturated heterocycles. The van der Waals surface area contributed by atoms with Crippen LogP contribution in [0.25, 0.3) is 22.3 Å². The van der Waals surface area contributed by atoms with E-state index in [-0.39, 0.29) is 11.8 Å². The largest absolute Gasteiger partial charge is 0.398 e. The zero-order valence-corrected chi connectivity index (χ0v) is 25.7. The zero-order chi connectivity index (χ0) is 31.6. The third-order valence-electron chi connectivity index (χ3n) is 6.90. The van der Waals surface area contributed by atoms with Crippen LogP contribution in [0.2, 0.25) is 0 Å². The van der Waals surface area contributed by atoms with Gasteiger partial charge in [-0.25, -0.2) is 4.98 Å². The number of imidazole rings is 1. The topological polar surface area (TPSA) is 142 Å². The van der Waals surface area contributed by atoms with E-state index in [1.807, 2.05) is 43.9 Å². The predicted molar refractivity (Wildman–Crippen MR) is 170 cm³/mol. The van der Waals surface area contributed by atoms with E-state index in [9.17, 15) is 18.8 Å². The van der Waals surface area contributed by atoms with E-state index in [1.54, 1.807) is 24.3 Å². The molecule has 234 valence electrons. The molecule has 0 aliphatic carbocycles. The first kappa shape index (κ1) is 34.9. The van der Waals surface area contributed by atoms with Crippen molar-refractivity contribution < 1.29 is 23.5 Å². The van der Waals surface area contributed by atoms with Gasteiger partial charge in [0.05, 0.1) is 31.4 Å². The fourth-order valence-electron chi connectivity index (χ4n) is 4.59. The summed E-state index contributed by atoms with van der Waals surface area (Å²) in [4.78, 5) is 45.6. The van der Waals surface area contributed by atoms with Crippen molar-refractivity contribution in [3.8, 4) is 0 Å². The molecule has 1 aliphatic rings. The lowest BCUT2D eigenvalue weighted by Gasteiger charge is -2.26. The normalized spacial score (nSPS) is 13.1. The second-order valence-corrected chi connectivity index (χ2v) is 9.58. The molecule has 5 N–H and O–H groups in total. The minimum atomic E-state index is -0.142. The number of morpholine rings is 1. The Morgan fingerprint density at radius 3 is 2.49 bits per heavy atom. The molecule has 0 spiro atoms. The number of nitrogens with two attached hydrogens (primary N) is 1. The highest BCUT2D eigenvalue weighted by atomic mass is 19.1. The van der Waals surface area contributed by atoms with Crippen LogP contribution in [0.1, 0.15) is 74.6 Å². The molecule has 1 aromatic heterocycles. The number of unbranched alkanes of at least 4 members (excludes halogenated alkanes) is 3. The number of hydrogen-bond donors (Lipinski definition) is 4. The highest BCUT2D eigenvalue weighted by molar-refractivity contribution is 5.98. The molecule has 3 aromatic rings. The average molecular weight is 597 g/mol. The Hall–Kier alpha value is -4.25. The number of fused-ring (bicyclic) bond motifs is 1. The quantitative estimate of drug-likeness (QED) is 0.169. The Morgan fingerprint density at radius 2 is 1.77 bits per heavy atom. The SMILES string of the molecule is C/C(=C(/N)c1ccccc1NC=O)c1nc2ccc(C(=O)NCCCCCCC(=O)N3CCOCC3)cc2[nH]1.CC.CF. The minimum absolute atomic E-state index is 0.142. The molecule has 43 heavy (non-hydrogen) atoms. The van der Waals surface area contributed by atoms with E-state index in [1.165, 1.54) is 0 Å². The lowest BCUT2D eigenvalue weighted by molar-refractivity contribution is -0.135. The predicted octanol–water partition coefficient (Wildman–Crippen LogP) is 5.13.